The Labute approximate surface area is 119 Å². The summed E-state index contributed by atoms with van der Waals surface area (Å²) in [7, 11) is 0. The zero-order chi connectivity index (χ0) is 13.1. The van der Waals surface area contributed by atoms with Gasteiger partial charge in [0.25, 0.3) is 0 Å². The van der Waals surface area contributed by atoms with Crippen molar-refractivity contribution in [3.63, 3.8) is 0 Å². The van der Waals surface area contributed by atoms with Crippen molar-refractivity contribution in [3.05, 3.63) is 40.2 Å². The van der Waals surface area contributed by atoms with Gasteiger partial charge < -0.3 is 5.11 Å². The second-order valence-corrected chi connectivity index (χ2v) is 6.34. The number of hydrogen-bond donors (Lipinski definition) is 1. The highest BCUT2D eigenvalue weighted by Crippen LogP contribution is 2.37. The SMILES string of the molecule is CCSc1cc(-c2ccc(Cl)cc2)sc1C(=O)O. The van der Waals surface area contributed by atoms with Gasteiger partial charge in [0.2, 0.25) is 0 Å². The Bertz CT molecular complexity index is 561. The fraction of sp³-hybridized carbons (Fsp3) is 0.154. The maximum absolute atomic E-state index is 11.2. The molecule has 0 aliphatic rings. The summed E-state index contributed by atoms with van der Waals surface area (Å²) in [6, 6.07) is 9.36. The number of carboxylic acid groups (broad SMARTS) is 1. The fourth-order valence-electron chi connectivity index (χ4n) is 1.54. The van der Waals surface area contributed by atoms with Crippen molar-refractivity contribution in [2.75, 3.05) is 5.75 Å². The van der Waals surface area contributed by atoms with E-state index in [4.69, 9.17) is 11.6 Å². The maximum atomic E-state index is 11.2. The van der Waals surface area contributed by atoms with E-state index in [-0.39, 0.29) is 0 Å². The van der Waals surface area contributed by atoms with Gasteiger partial charge in [0.15, 0.2) is 0 Å². The predicted octanol–water partition coefficient (Wildman–Crippen LogP) is 4.88. The summed E-state index contributed by atoms with van der Waals surface area (Å²) in [4.78, 5) is 13.4. The number of rotatable bonds is 4. The molecule has 0 saturated heterocycles. The van der Waals surface area contributed by atoms with E-state index in [9.17, 15) is 9.90 Å². The lowest BCUT2D eigenvalue weighted by molar-refractivity contribution is 0.0699. The van der Waals surface area contributed by atoms with E-state index in [0.29, 0.717) is 9.90 Å². The number of benzene rings is 1. The first-order valence-electron chi connectivity index (χ1n) is 5.37. The molecule has 5 heteroatoms. The molecule has 0 unspecified atom stereocenters. The normalized spacial score (nSPS) is 10.6. The molecule has 0 amide bonds. The van der Waals surface area contributed by atoms with Crippen LogP contribution in [0.15, 0.2) is 35.2 Å². The molecular weight excluding hydrogens is 288 g/mol. The maximum Gasteiger partial charge on any atom is 0.347 e. The molecule has 0 radical (unpaired) electrons. The molecular formula is C13H11ClO2S2. The highest BCUT2D eigenvalue weighted by molar-refractivity contribution is 7.99. The lowest BCUT2D eigenvalue weighted by Gasteiger charge is -1.96. The monoisotopic (exact) mass is 298 g/mol. The smallest absolute Gasteiger partial charge is 0.347 e. The number of hydrogen-bond acceptors (Lipinski definition) is 3. The lowest BCUT2D eigenvalue weighted by atomic mass is 10.2. The number of carbonyl (C=O) groups is 1. The molecule has 94 valence electrons. The highest BCUT2D eigenvalue weighted by atomic mass is 35.5. The average Bonchev–Trinajstić information content (AvgIpc) is 2.75. The zero-order valence-corrected chi connectivity index (χ0v) is 12.0. The average molecular weight is 299 g/mol. The van der Waals surface area contributed by atoms with Crippen molar-refractivity contribution in [1.29, 1.82) is 0 Å². The van der Waals surface area contributed by atoms with Gasteiger partial charge in [-0.2, -0.15) is 0 Å². The first-order valence-corrected chi connectivity index (χ1v) is 7.55. The summed E-state index contributed by atoms with van der Waals surface area (Å²) in [6.45, 7) is 2.01. The molecule has 0 aliphatic carbocycles. The Morgan fingerprint density at radius 2 is 2.06 bits per heavy atom. The van der Waals surface area contributed by atoms with Gasteiger partial charge in [0, 0.05) is 14.8 Å². The van der Waals surface area contributed by atoms with Crippen molar-refractivity contribution < 1.29 is 9.90 Å². The molecule has 2 nitrogen and oxygen atoms in total. The van der Waals surface area contributed by atoms with E-state index in [1.165, 1.54) is 11.3 Å². The number of aromatic carboxylic acids is 1. The number of thioether (sulfide) groups is 1. The topological polar surface area (TPSA) is 37.3 Å². The Balaban J connectivity index is 2.42. The minimum Gasteiger partial charge on any atom is -0.477 e. The Morgan fingerprint density at radius 3 is 2.61 bits per heavy atom. The van der Waals surface area contributed by atoms with Crippen molar-refractivity contribution in [3.8, 4) is 10.4 Å². The Hall–Kier alpha value is -0.970. The van der Waals surface area contributed by atoms with E-state index in [2.05, 4.69) is 0 Å². The zero-order valence-electron chi connectivity index (χ0n) is 9.64. The molecule has 0 fully saturated rings. The lowest BCUT2D eigenvalue weighted by Crippen LogP contribution is -1.93. The van der Waals surface area contributed by atoms with E-state index in [1.807, 2.05) is 37.3 Å². The summed E-state index contributed by atoms with van der Waals surface area (Å²) in [5.74, 6) is -0.00646. The van der Waals surface area contributed by atoms with Crippen molar-refractivity contribution in [2.45, 2.75) is 11.8 Å². The third kappa shape index (κ3) is 2.88. The van der Waals surface area contributed by atoms with Crippen LogP contribution in [0, 0.1) is 0 Å². The molecule has 2 aromatic rings. The van der Waals surface area contributed by atoms with Crippen LogP contribution in [0.3, 0.4) is 0 Å². The van der Waals surface area contributed by atoms with Crippen LogP contribution >= 0.6 is 34.7 Å². The summed E-state index contributed by atoms with van der Waals surface area (Å²) in [6.07, 6.45) is 0. The first-order chi connectivity index (χ1) is 8.61. The third-order valence-electron chi connectivity index (χ3n) is 2.32. The predicted molar refractivity (Wildman–Crippen MR) is 78.1 cm³/mol. The van der Waals surface area contributed by atoms with Crippen LogP contribution < -0.4 is 0 Å². The van der Waals surface area contributed by atoms with Gasteiger partial charge in [-0.3, -0.25) is 0 Å². The summed E-state index contributed by atoms with van der Waals surface area (Å²) < 4.78 is 0. The molecule has 1 N–H and O–H groups in total. The standard InChI is InChI=1S/C13H11ClO2S2/c1-2-17-11-7-10(18-12(11)13(15)16)8-3-5-9(14)6-4-8/h3-7H,2H2,1H3,(H,15,16). The first kappa shape index (κ1) is 13.5. The van der Waals surface area contributed by atoms with Crippen LogP contribution in [0.4, 0.5) is 0 Å². The highest BCUT2D eigenvalue weighted by Gasteiger charge is 2.16. The molecule has 0 atom stereocenters. The summed E-state index contributed by atoms with van der Waals surface area (Å²) >= 11 is 8.70. The van der Waals surface area contributed by atoms with Crippen LogP contribution in [0.5, 0.6) is 0 Å². The molecule has 0 bridgehead atoms. The van der Waals surface area contributed by atoms with Crippen LogP contribution in [-0.2, 0) is 0 Å². The van der Waals surface area contributed by atoms with Gasteiger partial charge in [-0.15, -0.1) is 23.1 Å². The minimum absolute atomic E-state index is 0.409. The largest absolute Gasteiger partial charge is 0.477 e. The second-order valence-electron chi connectivity index (χ2n) is 3.55. The van der Waals surface area contributed by atoms with Gasteiger partial charge in [-0.25, -0.2) is 4.79 Å². The number of carboxylic acids is 1. The number of halogens is 1. The van der Waals surface area contributed by atoms with Crippen LogP contribution in [0.1, 0.15) is 16.6 Å². The molecule has 1 aromatic heterocycles. The minimum atomic E-state index is -0.865. The third-order valence-corrected chi connectivity index (χ3v) is 4.80. The second kappa shape index (κ2) is 5.78. The van der Waals surface area contributed by atoms with Gasteiger partial charge >= 0.3 is 5.97 Å². The van der Waals surface area contributed by atoms with E-state index in [0.717, 1.165) is 21.1 Å². The molecule has 0 aliphatic heterocycles. The van der Waals surface area contributed by atoms with E-state index < -0.39 is 5.97 Å². The summed E-state index contributed by atoms with van der Waals surface area (Å²) in [5.41, 5.74) is 0.995. The van der Waals surface area contributed by atoms with Crippen LogP contribution in [0.25, 0.3) is 10.4 Å². The molecule has 0 spiro atoms. The van der Waals surface area contributed by atoms with Crippen molar-refractivity contribution in [2.24, 2.45) is 0 Å². The van der Waals surface area contributed by atoms with Gasteiger partial charge in [-0.1, -0.05) is 30.7 Å². The fourth-order valence-corrected chi connectivity index (χ4v) is 3.67. The number of thiophene rings is 1. The van der Waals surface area contributed by atoms with Gasteiger partial charge in [-0.05, 0) is 29.5 Å². The van der Waals surface area contributed by atoms with Crippen LogP contribution in [0.2, 0.25) is 5.02 Å². The Morgan fingerprint density at radius 1 is 1.39 bits per heavy atom. The Kier molecular flexibility index (Phi) is 4.32. The van der Waals surface area contributed by atoms with Crippen molar-refractivity contribution in [1.82, 2.24) is 0 Å². The molecule has 0 saturated carbocycles. The molecule has 1 aromatic carbocycles. The van der Waals surface area contributed by atoms with Crippen molar-refractivity contribution >= 4 is 40.7 Å². The van der Waals surface area contributed by atoms with Gasteiger partial charge in [0.05, 0.1) is 0 Å². The van der Waals surface area contributed by atoms with Gasteiger partial charge in [0.1, 0.15) is 4.88 Å². The van der Waals surface area contributed by atoms with Crippen LogP contribution in [-0.4, -0.2) is 16.8 Å². The molecule has 18 heavy (non-hydrogen) atoms. The van der Waals surface area contributed by atoms with E-state index >= 15 is 0 Å². The quantitative estimate of drug-likeness (QED) is 0.818. The van der Waals surface area contributed by atoms with E-state index in [1.54, 1.807) is 11.8 Å². The summed E-state index contributed by atoms with van der Waals surface area (Å²) in [5, 5.41) is 9.85. The molecule has 2 rings (SSSR count). The molecule has 1 heterocycles.